The van der Waals surface area contributed by atoms with Gasteiger partial charge in [-0.05, 0) is 29.0 Å². The number of anilines is 1. The number of nitrogens with zero attached hydrogens (tertiary/aromatic N) is 1. The zero-order valence-corrected chi connectivity index (χ0v) is 16.3. The van der Waals surface area contributed by atoms with Crippen LogP contribution in [0.5, 0.6) is 5.88 Å². The van der Waals surface area contributed by atoms with E-state index in [1.807, 2.05) is 42.8 Å². The minimum Gasteiger partial charge on any atom is -0.480 e. The molecule has 1 aromatic carbocycles. The first-order valence-electron chi connectivity index (χ1n) is 8.39. The molecule has 1 amide bonds. The molecule has 0 saturated heterocycles. The Morgan fingerprint density at radius 3 is 2.56 bits per heavy atom. The number of hydrogen-bond donors (Lipinski definition) is 1. The van der Waals surface area contributed by atoms with Gasteiger partial charge in [-0.1, -0.05) is 26.0 Å². The number of carbonyl (C=O) groups excluding carboxylic acids is 2. The fourth-order valence-corrected chi connectivity index (χ4v) is 3.49. The highest BCUT2D eigenvalue weighted by Gasteiger charge is 2.23. The SMILES string of the molecule is COC(=O)c1cc2ccc(C(C)C)c(C(=O)Nc3ccsc3)c2nc1OC. The van der Waals surface area contributed by atoms with Gasteiger partial charge < -0.3 is 14.8 Å². The number of thiophene rings is 1. The number of hydrogen-bond acceptors (Lipinski definition) is 6. The number of benzene rings is 1. The summed E-state index contributed by atoms with van der Waals surface area (Å²) >= 11 is 1.50. The van der Waals surface area contributed by atoms with Crippen molar-refractivity contribution in [3.8, 4) is 5.88 Å². The van der Waals surface area contributed by atoms with Crippen molar-refractivity contribution in [1.82, 2.24) is 4.98 Å². The van der Waals surface area contributed by atoms with Crippen molar-refractivity contribution in [1.29, 1.82) is 0 Å². The first kappa shape index (κ1) is 18.8. The number of aromatic nitrogens is 1. The molecule has 0 aliphatic rings. The molecule has 140 valence electrons. The third-order valence-corrected chi connectivity index (χ3v) is 4.89. The number of fused-ring (bicyclic) bond motifs is 1. The normalized spacial score (nSPS) is 10.9. The van der Waals surface area contributed by atoms with E-state index in [0.717, 1.165) is 11.3 Å². The summed E-state index contributed by atoms with van der Waals surface area (Å²) in [5, 5.41) is 7.33. The van der Waals surface area contributed by atoms with Crippen LogP contribution in [0.25, 0.3) is 10.9 Å². The molecule has 27 heavy (non-hydrogen) atoms. The van der Waals surface area contributed by atoms with E-state index in [4.69, 9.17) is 9.47 Å². The molecular weight excluding hydrogens is 364 g/mol. The predicted octanol–water partition coefficient (Wildman–Crippen LogP) is 4.47. The van der Waals surface area contributed by atoms with Crippen molar-refractivity contribution in [2.45, 2.75) is 19.8 Å². The number of amides is 1. The summed E-state index contributed by atoms with van der Waals surface area (Å²) in [5.41, 5.74) is 2.78. The van der Waals surface area contributed by atoms with E-state index in [-0.39, 0.29) is 23.3 Å². The molecule has 3 aromatic rings. The average Bonchev–Trinajstić information content (AvgIpc) is 3.17. The summed E-state index contributed by atoms with van der Waals surface area (Å²) in [6.45, 7) is 4.03. The highest BCUT2D eigenvalue weighted by atomic mass is 32.1. The van der Waals surface area contributed by atoms with Crippen LogP contribution in [0, 0.1) is 0 Å². The summed E-state index contributed by atoms with van der Waals surface area (Å²) in [4.78, 5) is 29.5. The lowest BCUT2D eigenvalue weighted by Gasteiger charge is -2.16. The van der Waals surface area contributed by atoms with Gasteiger partial charge in [-0.2, -0.15) is 11.3 Å². The number of esters is 1. The maximum absolute atomic E-state index is 13.0. The highest BCUT2D eigenvalue weighted by molar-refractivity contribution is 7.08. The fraction of sp³-hybridized carbons (Fsp3) is 0.250. The van der Waals surface area contributed by atoms with Crippen LogP contribution in [0.1, 0.15) is 46.0 Å². The Balaban J connectivity index is 2.23. The molecule has 0 saturated carbocycles. The predicted molar refractivity (Wildman–Crippen MR) is 106 cm³/mol. The number of pyridine rings is 1. The van der Waals surface area contributed by atoms with Crippen LogP contribution in [-0.2, 0) is 4.74 Å². The Labute approximate surface area is 161 Å². The van der Waals surface area contributed by atoms with Gasteiger partial charge in [0.25, 0.3) is 5.91 Å². The Hall–Kier alpha value is -2.93. The van der Waals surface area contributed by atoms with Gasteiger partial charge in [-0.25, -0.2) is 9.78 Å². The molecule has 0 spiro atoms. The van der Waals surface area contributed by atoms with Gasteiger partial charge in [0.15, 0.2) is 0 Å². The minimum absolute atomic E-state index is 0.116. The van der Waals surface area contributed by atoms with E-state index in [1.165, 1.54) is 25.6 Å². The second-order valence-electron chi connectivity index (χ2n) is 6.26. The molecule has 7 heteroatoms. The summed E-state index contributed by atoms with van der Waals surface area (Å²) in [6, 6.07) is 7.22. The summed E-state index contributed by atoms with van der Waals surface area (Å²) < 4.78 is 10.1. The molecule has 0 radical (unpaired) electrons. The monoisotopic (exact) mass is 384 g/mol. The lowest BCUT2D eigenvalue weighted by atomic mass is 9.93. The average molecular weight is 384 g/mol. The van der Waals surface area contributed by atoms with Crippen LogP contribution in [-0.4, -0.2) is 31.1 Å². The van der Waals surface area contributed by atoms with Crippen LogP contribution in [0.3, 0.4) is 0 Å². The van der Waals surface area contributed by atoms with E-state index in [0.29, 0.717) is 16.5 Å². The molecule has 0 aliphatic carbocycles. The Kier molecular flexibility index (Phi) is 5.41. The number of ether oxygens (including phenoxy) is 2. The second kappa shape index (κ2) is 7.75. The maximum atomic E-state index is 13.0. The summed E-state index contributed by atoms with van der Waals surface area (Å²) in [6.07, 6.45) is 0. The van der Waals surface area contributed by atoms with Crippen molar-refractivity contribution < 1.29 is 19.1 Å². The van der Waals surface area contributed by atoms with Gasteiger partial charge >= 0.3 is 5.97 Å². The Morgan fingerprint density at radius 1 is 1.19 bits per heavy atom. The summed E-state index contributed by atoms with van der Waals surface area (Å²) in [5.74, 6) is -0.549. The first-order valence-corrected chi connectivity index (χ1v) is 9.34. The molecule has 0 fully saturated rings. The number of carbonyl (C=O) groups is 2. The van der Waals surface area contributed by atoms with Crippen LogP contribution in [0.15, 0.2) is 35.0 Å². The molecule has 0 bridgehead atoms. The molecule has 0 aliphatic heterocycles. The Bertz CT molecular complexity index is 997. The highest BCUT2D eigenvalue weighted by Crippen LogP contribution is 2.31. The van der Waals surface area contributed by atoms with Crippen molar-refractivity contribution in [2.75, 3.05) is 19.5 Å². The molecule has 6 nitrogen and oxygen atoms in total. The molecule has 0 unspecified atom stereocenters. The zero-order valence-electron chi connectivity index (χ0n) is 15.5. The second-order valence-corrected chi connectivity index (χ2v) is 7.04. The standard InChI is InChI=1S/C20H20N2O4S/c1-11(2)14-6-5-12-9-15(20(24)26-4)19(25-3)22-17(12)16(14)18(23)21-13-7-8-27-10-13/h5-11H,1-4H3,(H,21,23). The van der Waals surface area contributed by atoms with Crippen molar-refractivity contribution in [2.24, 2.45) is 0 Å². The number of nitrogens with one attached hydrogen (secondary N) is 1. The topological polar surface area (TPSA) is 77.5 Å². The van der Waals surface area contributed by atoms with E-state index in [1.54, 1.807) is 6.07 Å². The van der Waals surface area contributed by atoms with Crippen LogP contribution in [0.4, 0.5) is 5.69 Å². The molecule has 0 atom stereocenters. The molecule has 3 rings (SSSR count). The van der Waals surface area contributed by atoms with E-state index < -0.39 is 5.97 Å². The third kappa shape index (κ3) is 3.64. The Morgan fingerprint density at radius 2 is 1.96 bits per heavy atom. The largest absolute Gasteiger partial charge is 0.480 e. The molecule has 2 aromatic heterocycles. The van der Waals surface area contributed by atoms with E-state index in [2.05, 4.69) is 10.3 Å². The van der Waals surface area contributed by atoms with Crippen LogP contribution >= 0.6 is 11.3 Å². The molecule has 1 N–H and O–H groups in total. The van der Waals surface area contributed by atoms with Crippen LogP contribution in [0.2, 0.25) is 0 Å². The van der Waals surface area contributed by atoms with Gasteiger partial charge in [-0.3, -0.25) is 4.79 Å². The maximum Gasteiger partial charge on any atom is 0.343 e. The quantitative estimate of drug-likeness (QED) is 0.657. The van der Waals surface area contributed by atoms with Crippen molar-refractivity contribution in [3.05, 3.63) is 51.7 Å². The van der Waals surface area contributed by atoms with Crippen LogP contribution < -0.4 is 10.1 Å². The smallest absolute Gasteiger partial charge is 0.343 e. The van der Waals surface area contributed by atoms with Crippen molar-refractivity contribution >= 4 is 39.8 Å². The van der Waals surface area contributed by atoms with E-state index >= 15 is 0 Å². The van der Waals surface area contributed by atoms with Crippen molar-refractivity contribution in [3.63, 3.8) is 0 Å². The zero-order chi connectivity index (χ0) is 19.6. The van der Waals surface area contributed by atoms with Gasteiger partial charge in [-0.15, -0.1) is 0 Å². The lowest BCUT2D eigenvalue weighted by Crippen LogP contribution is -2.16. The third-order valence-electron chi connectivity index (χ3n) is 4.21. The molecular formula is C20H20N2O4S. The van der Waals surface area contributed by atoms with Gasteiger partial charge in [0, 0.05) is 10.8 Å². The lowest BCUT2D eigenvalue weighted by molar-refractivity contribution is 0.0596. The van der Waals surface area contributed by atoms with Gasteiger partial charge in [0.1, 0.15) is 5.56 Å². The summed E-state index contributed by atoms with van der Waals surface area (Å²) in [7, 11) is 2.73. The number of methoxy groups -OCH3 is 2. The van der Waals surface area contributed by atoms with E-state index in [9.17, 15) is 9.59 Å². The van der Waals surface area contributed by atoms with Gasteiger partial charge in [0.05, 0.1) is 31.0 Å². The number of rotatable bonds is 5. The minimum atomic E-state index is -0.543. The fourth-order valence-electron chi connectivity index (χ4n) is 2.90. The molecule has 2 heterocycles. The van der Waals surface area contributed by atoms with Gasteiger partial charge in [0.2, 0.25) is 5.88 Å². The first-order chi connectivity index (χ1) is 13.0.